The number of hydrogen-bond acceptors (Lipinski definition) is 2. The van der Waals surface area contributed by atoms with Crippen molar-refractivity contribution in [1.29, 1.82) is 0 Å². The second kappa shape index (κ2) is 10.1. The molecule has 2 nitrogen and oxygen atoms in total. The van der Waals surface area contributed by atoms with Crippen molar-refractivity contribution in [2.24, 2.45) is 0 Å². The molecule has 1 aliphatic rings. The summed E-state index contributed by atoms with van der Waals surface area (Å²) < 4.78 is 0. The van der Waals surface area contributed by atoms with Crippen LogP contribution >= 0.6 is 0 Å². The second-order valence-corrected chi connectivity index (χ2v) is 8.29. The predicted molar refractivity (Wildman–Crippen MR) is 144 cm³/mol. The quantitative estimate of drug-likeness (QED) is 0.283. The molecule has 0 fully saturated rings. The van der Waals surface area contributed by atoms with Crippen LogP contribution in [0.1, 0.15) is 24.1 Å². The lowest BCUT2D eigenvalue weighted by Crippen LogP contribution is -1.97. The Labute approximate surface area is 201 Å². The van der Waals surface area contributed by atoms with E-state index >= 15 is 0 Å². The van der Waals surface area contributed by atoms with Crippen molar-refractivity contribution in [3.63, 3.8) is 0 Å². The Morgan fingerprint density at radius 1 is 0.794 bits per heavy atom. The van der Waals surface area contributed by atoms with Gasteiger partial charge in [-0.1, -0.05) is 116 Å². The van der Waals surface area contributed by atoms with Crippen molar-refractivity contribution in [2.75, 3.05) is 0 Å². The zero-order valence-electron chi connectivity index (χ0n) is 19.1. The molecule has 0 amide bonds. The molecule has 0 atom stereocenters. The highest BCUT2D eigenvalue weighted by atomic mass is 14.9. The first kappa shape index (κ1) is 21.5. The van der Waals surface area contributed by atoms with E-state index in [4.69, 9.17) is 9.97 Å². The molecule has 0 N–H and O–H groups in total. The van der Waals surface area contributed by atoms with Crippen LogP contribution in [0, 0.1) is 0 Å². The Morgan fingerprint density at radius 3 is 2.29 bits per heavy atom. The van der Waals surface area contributed by atoms with Gasteiger partial charge in [-0.3, -0.25) is 0 Å². The van der Waals surface area contributed by atoms with Gasteiger partial charge >= 0.3 is 0 Å². The summed E-state index contributed by atoms with van der Waals surface area (Å²) in [4.78, 5) is 9.79. The van der Waals surface area contributed by atoms with E-state index in [0.29, 0.717) is 5.82 Å². The number of rotatable bonds is 6. The summed E-state index contributed by atoms with van der Waals surface area (Å²) in [5.74, 6) is 0.707. The van der Waals surface area contributed by atoms with Crippen LogP contribution in [0.2, 0.25) is 0 Å². The van der Waals surface area contributed by atoms with Gasteiger partial charge in [0.05, 0.1) is 11.2 Å². The van der Waals surface area contributed by atoms with Crippen LogP contribution in [0.15, 0.2) is 134 Å². The first-order valence-corrected chi connectivity index (χ1v) is 11.6. The number of fused-ring (bicyclic) bond motifs is 1. The summed E-state index contributed by atoms with van der Waals surface area (Å²) in [5.41, 5.74) is 7.07. The summed E-state index contributed by atoms with van der Waals surface area (Å²) in [5, 5.41) is 0.998. The maximum Gasteiger partial charge on any atom is 0.160 e. The van der Waals surface area contributed by atoms with Crippen molar-refractivity contribution in [1.82, 2.24) is 9.97 Å². The van der Waals surface area contributed by atoms with Gasteiger partial charge in [-0.05, 0) is 47.3 Å². The summed E-state index contributed by atoms with van der Waals surface area (Å²) in [7, 11) is 0. The van der Waals surface area contributed by atoms with E-state index in [0.717, 1.165) is 51.7 Å². The molecule has 2 heteroatoms. The Hall–Kier alpha value is -4.30. The molecule has 0 saturated carbocycles. The highest BCUT2D eigenvalue weighted by Crippen LogP contribution is 2.29. The average molecular weight is 439 g/mol. The summed E-state index contributed by atoms with van der Waals surface area (Å²) in [6.07, 6.45) is 15.4. The van der Waals surface area contributed by atoms with Gasteiger partial charge in [0.25, 0.3) is 0 Å². The molecule has 5 rings (SSSR count). The minimum Gasteiger partial charge on any atom is -0.228 e. The van der Waals surface area contributed by atoms with Crippen LogP contribution in [0.4, 0.5) is 0 Å². The van der Waals surface area contributed by atoms with Crippen LogP contribution < -0.4 is 0 Å². The third kappa shape index (κ3) is 4.87. The Bertz CT molecular complexity index is 1440. The number of benzene rings is 3. The average Bonchev–Trinajstić information content (AvgIpc) is 2.92. The second-order valence-electron chi connectivity index (χ2n) is 8.29. The van der Waals surface area contributed by atoms with Crippen molar-refractivity contribution < 1.29 is 0 Å². The van der Waals surface area contributed by atoms with E-state index < -0.39 is 0 Å². The SMILES string of the molecule is C=C(C=C(C=CC1=CCCC=C1)c1ccccc1)c1nc(-c2ccccc2)nc2ccccc12. The summed E-state index contributed by atoms with van der Waals surface area (Å²) in [6, 6.07) is 28.6. The van der Waals surface area contributed by atoms with Gasteiger partial charge < -0.3 is 0 Å². The van der Waals surface area contributed by atoms with E-state index in [1.54, 1.807) is 0 Å². The molecule has 3 aromatic carbocycles. The first-order valence-electron chi connectivity index (χ1n) is 11.6. The fourth-order valence-corrected chi connectivity index (χ4v) is 4.10. The van der Waals surface area contributed by atoms with Gasteiger partial charge in [-0.15, -0.1) is 0 Å². The largest absolute Gasteiger partial charge is 0.228 e. The molecule has 1 aliphatic carbocycles. The lowest BCUT2D eigenvalue weighted by Gasteiger charge is -2.11. The van der Waals surface area contributed by atoms with Gasteiger partial charge in [-0.2, -0.15) is 0 Å². The van der Waals surface area contributed by atoms with Crippen LogP contribution in [0.3, 0.4) is 0 Å². The Kier molecular flexibility index (Phi) is 6.40. The molecule has 1 aromatic heterocycles. The molecule has 0 aliphatic heterocycles. The van der Waals surface area contributed by atoms with Gasteiger partial charge in [0.2, 0.25) is 0 Å². The lowest BCUT2D eigenvalue weighted by atomic mass is 9.98. The molecule has 1 heterocycles. The number of aromatic nitrogens is 2. The van der Waals surface area contributed by atoms with Crippen molar-refractivity contribution in [3.05, 3.63) is 145 Å². The zero-order valence-corrected chi connectivity index (χ0v) is 19.1. The van der Waals surface area contributed by atoms with E-state index in [-0.39, 0.29) is 0 Å². The minimum atomic E-state index is 0.707. The van der Waals surface area contributed by atoms with E-state index in [1.807, 2.05) is 54.6 Å². The normalized spacial score (nSPS) is 13.9. The zero-order chi connectivity index (χ0) is 23.2. The molecular formula is C32H26N2. The van der Waals surface area contributed by atoms with Crippen LogP contribution in [-0.4, -0.2) is 9.97 Å². The monoisotopic (exact) mass is 438 g/mol. The molecule has 4 aromatic rings. The van der Waals surface area contributed by atoms with Crippen molar-refractivity contribution in [2.45, 2.75) is 12.8 Å². The summed E-state index contributed by atoms with van der Waals surface area (Å²) >= 11 is 0. The predicted octanol–water partition coefficient (Wildman–Crippen LogP) is 8.23. The third-order valence-corrected chi connectivity index (χ3v) is 5.86. The number of nitrogens with zero attached hydrogens (tertiary/aromatic N) is 2. The Morgan fingerprint density at radius 2 is 1.53 bits per heavy atom. The fourth-order valence-electron chi connectivity index (χ4n) is 4.10. The third-order valence-electron chi connectivity index (χ3n) is 5.86. The molecule has 0 bridgehead atoms. The fraction of sp³-hybridized carbons (Fsp3) is 0.0625. The topological polar surface area (TPSA) is 25.8 Å². The highest BCUT2D eigenvalue weighted by Gasteiger charge is 2.11. The van der Waals surface area contributed by atoms with Crippen LogP contribution in [-0.2, 0) is 0 Å². The molecule has 164 valence electrons. The van der Waals surface area contributed by atoms with Gasteiger partial charge in [0.15, 0.2) is 5.82 Å². The van der Waals surface area contributed by atoms with Crippen molar-refractivity contribution in [3.8, 4) is 11.4 Å². The first-order chi connectivity index (χ1) is 16.8. The van der Waals surface area contributed by atoms with Gasteiger partial charge in [0.1, 0.15) is 0 Å². The molecule has 0 radical (unpaired) electrons. The van der Waals surface area contributed by atoms with Gasteiger partial charge in [0, 0.05) is 10.9 Å². The van der Waals surface area contributed by atoms with E-state index in [9.17, 15) is 0 Å². The van der Waals surface area contributed by atoms with E-state index in [2.05, 4.69) is 73.4 Å². The van der Waals surface area contributed by atoms with Crippen LogP contribution in [0.25, 0.3) is 33.4 Å². The molecule has 0 spiro atoms. The minimum absolute atomic E-state index is 0.707. The molecule has 34 heavy (non-hydrogen) atoms. The maximum atomic E-state index is 4.97. The standard InChI is InChI=1S/C32H26N2/c1-24(23-28(26-15-7-3-8-16-26)22-21-25-13-5-2-6-14-25)31-29-19-11-12-20-30(29)33-32(34-31)27-17-9-4-10-18-27/h3-5,7-23H,1-2,6H2. The maximum absolute atomic E-state index is 4.97. The smallest absolute Gasteiger partial charge is 0.160 e. The van der Waals surface area contributed by atoms with Crippen molar-refractivity contribution >= 4 is 22.0 Å². The van der Waals surface area contributed by atoms with Crippen LogP contribution in [0.5, 0.6) is 0 Å². The highest BCUT2D eigenvalue weighted by molar-refractivity contribution is 5.96. The number of hydrogen-bond donors (Lipinski definition) is 0. The number of para-hydroxylation sites is 1. The summed E-state index contributed by atoms with van der Waals surface area (Å²) in [6.45, 7) is 4.44. The molecule has 0 saturated heterocycles. The number of allylic oxidation sites excluding steroid dienone is 9. The van der Waals surface area contributed by atoms with E-state index in [1.165, 1.54) is 5.57 Å². The van der Waals surface area contributed by atoms with Gasteiger partial charge in [-0.25, -0.2) is 9.97 Å². The molecule has 0 unspecified atom stereocenters. The lowest BCUT2D eigenvalue weighted by molar-refractivity contribution is 1.03. The molecular weight excluding hydrogens is 412 g/mol. The Balaban J connectivity index is 1.60.